The van der Waals surface area contributed by atoms with Crippen molar-refractivity contribution in [3.05, 3.63) is 48.3 Å². The predicted molar refractivity (Wildman–Crippen MR) is 75.6 cm³/mol. The van der Waals surface area contributed by atoms with E-state index < -0.39 is 0 Å². The average Bonchev–Trinajstić information content (AvgIpc) is 2.93. The van der Waals surface area contributed by atoms with Gasteiger partial charge in [0.25, 0.3) is 0 Å². The molecule has 1 saturated heterocycles. The third-order valence-electron chi connectivity index (χ3n) is 3.47. The van der Waals surface area contributed by atoms with E-state index in [1.807, 2.05) is 0 Å². The highest BCUT2D eigenvalue weighted by Gasteiger charge is 2.14. The van der Waals surface area contributed by atoms with Crippen molar-refractivity contribution in [2.45, 2.75) is 6.92 Å². The normalized spacial score (nSPS) is 15.9. The first-order valence-corrected chi connectivity index (χ1v) is 6.54. The monoisotopic (exact) mass is 241 g/mol. The van der Waals surface area contributed by atoms with Crippen molar-refractivity contribution < 1.29 is 0 Å². The Morgan fingerprint density at radius 1 is 1.00 bits per heavy atom. The molecule has 1 N–H and O–H groups in total. The Bertz CT molecular complexity index is 511. The molecular weight excluding hydrogens is 222 g/mol. The van der Waals surface area contributed by atoms with Crippen LogP contribution in [-0.2, 0) is 0 Å². The summed E-state index contributed by atoms with van der Waals surface area (Å²) in [5.41, 5.74) is 3.91. The molecule has 94 valence electrons. The van der Waals surface area contributed by atoms with Crippen molar-refractivity contribution in [1.29, 1.82) is 0 Å². The topological polar surface area (TPSA) is 20.2 Å². The molecule has 2 heterocycles. The lowest BCUT2D eigenvalue weighted by Gasteiger charge is -2.31. The molecule has 0 spiro atoms. The van der Waals surface area contributed by atoms with E-state index in [-0.39, 0.29) is 0 Å². The van der Waals surface area contributed by atoms with Crippen LogP contribution >= 0.6 is 0 Å². The summed E-state index contributed by atoms with van der Waals surface area (Å²) < 4.78 is 2.20. The number of aromatic nitrogens is 1. The first-order chi connectivity index (χ1) is 8.84. The number of aryl methyl sites for hydroxylation is 1. The summed E-state index contributed by atoms with van der Waals surface area (Å²) in [5, 5.41) is 3.40. The van der Waals surface area contributed by atoms with E-state index in [0.29, 0.717) is 0 Å². The second-order valence-electron chi connectivity index (χ2n) is 4.82. The number of nitrogens with zero attached hydrogens (tertiary/aromatic N) is 2. The van der Waals surface area contributed by atoms with E-state index in [0.717, 1.165) is 26.2 Å². The van der Waals surface area contributed by atoms with Gasteiger partial charge in [-0.1, -0.05) is 6.07 Å². The van der Waals surface area contributed by atoms with Crippen molar-refractivity contribution >= 4 is 5.69 Å². The van der Waals surface area contributed by atoms with Crippen molar-refractivity contribution in [3.8, 4) is 5.69 Å². The Morgan fingerprint density at radius 2 is 1.72 bits per heavy atom. The van der Waals surface area contributed by atoms with E-state index >= 15 is 0 Å². The van der Waals surface area contributed by atoms with Crippen molar-refractivity contribution in [3.63, 3.8) is 0 Å². The first kappa shape index (κ1) is 11.4. The lowest BCUT2D eigenvalue weighted by molar-refractivity contribution is 0.588. The van der Waals surface area contributed by atoms with Crippen LogP contribution < -0.4 is 10.2 Å². The summed E-state index contributed by atoms with van der Waals surface area (Å²) in [6.07, 6.45) is 4.22. The number of hydrogen-bond acceptors (Lipinski definition) is 2. The third-order valence-corrected chi connectivity index (χ3v) is 3.47. The van der Waals surface area contributed by atoms with E-state index in [1.54, 1.807) is 0 Å². The summed E-state index contributed by atoms with van der Waals surface area (Å²) in [5.74, 6) is 0. The SMILES string of the molecule is Cc1ccc(N2CCNCC2)c(-n2cccc2)c1. The minimum absolute atomic E-state index is 1.07. The Labute approximate surface area is 108 Å². The third kappa shape index (κ3) is 2.14. The maximum Gasteiger partial charge on any atom is 0.0687 e. The maximum absolute atomic E-state index is 3.40. The first-order valence-electron chi connectivity index (χ1n) is 6.54. The summed E-state index contributed by atoms with van der Waals surface area (Å²) >= 11 is 0. The van der Waals surface area contributed by atoms with Gasteiger partial charge in [0.1, 0.15) is 0 Å². The maximum atomic E-state index is 3.40. The van der Waals surface area contributed by atoms with Gasteiger partial charge >= 0.3 is 0 Å². The van der Waals surface area contributed by atoms with Gasteiger partial charge in [0.15, 0.2) is 0 Å². The Balaban J connectivity index is 2.02. The van der Waals surface area contributed by atoms with Gasteiger partial charge in [-0.15, -0.1) is 0 Å². The van der Waals surface area contributed by atoms with Crippen molar-refractivity contribution in [2.24, 2.45) is 0 Å². The van der Waals surface area contributed by atoms with Crippen LogP contribution in [0.1, 0.15) is 5.56 Å². The molecule has 3 heteroatoms. The lowest BCUT2D eigenvalue weighted by Crippen LogP contribution is -2.43. The van der Waals surface area contributed by atoms with Crippen LogP contribution in [0.3, 0.4) is 0 Å². The number of benzene rings is 1. The van der Waals surface area contributed by atoms with Crippen LogP contribution in [0.4, 0.5) is 5.69 Å². The smallest absolute Gasteiger partial charge is 0.0687 e. The van der Waals surface area contributed by atoms with Crippen LogP contribution in [0.2, 0.25) is 0 Å². The second-order valence-corrected chi connectivity index (χ2v) is 4.82. The van der Waals surface area contributed by atoms with E-state index in [1.165, 1.54) is 16.9 Å². The van der Waals surface area contributed by atoms with Crippen LogP contribution in [0.25, 0.3) is 5.69 Å². The molecular formula is C15H19N3. The number of nitrogens with one attached hydrogen (secondary N) is 1. The Kier molecular flexibility index (Phi) is 3.07. The second kappa shape index (κ2) is 4.86. The van der Waals surface area contributed by atoms with Gasteiger partial charge in [-0.2, -0.15) is 0 Å². The molecule has 0 radical (unpaired) electrons. The Hall–Kier alpha value is -1.74. The molecule has 1 aliphatic heterocycles. The van der Waals surface area contributed by atoms with Gasteiger partial charge in [-0.3, -0.25) is 0 Å². The van der Waals surface area contributed by atoms with Gasteiger partial charge in [0, 0.05) is 38.6 Å². The molecule has 0 atom stereocenters. The largest absolute Gasteiger partial charge is 0.367 e. The van der Waals surface area contributed by atoms with Gasteiger partial charge in [-0.25, -0.2) is 0 Å². The fraction of sp³-hybridized carbons (Fsp3) is 0.333. The molecule has 1 fully saturated rings. The molecule has 2 aromatic rings. The minimum atomic E-state index is 1.07. The fourth-order valence-electron chi connectivity index (χ4n) is 2.51. The molecule has 1 aliphatic rings. The zero-order valence-electron chi connectivity index (χ0n) is 10.8. The van der Waals surface area contributed by atoms with Crippen molar-refractivity contribution in [1.82, 2.24) is 9.88 Å². The minimum Gasteiger partial charge on any atom is -0.367 e. The molecule has 0 amide bonds. The highest BCUT2D eigenvalue weighted by Crippen LogP contribution is 2.26. The van der Waals surface area contributed by atoms with Gasteiger partial charge < -0.3 is 14.8 Å². The molecule has 0 aliphatic carbocycles. The summed E-state index contributed by atoms with van der Waals surface area (Å²) in [6, 6.07) is 10.9. The summed E-state index contributed by atoms with van der Waals surface area (Å²) in [7, 11) is 0. The molecule has 0 saturated carbocycles. The average molecular weight is 241 g/mol. The quantitative estimate of drug-likeness (QED) is 0.870. The molecule has 1 aromatic heterocycles. The zero-order valence-corrected chi connectivity index (χ0v) is 10.8. The zero-order chi connectivity index (χ0) is 12.4. The molecule has 0 unspecified atom stereocenters. The van der Waals surface area contributed by atoms with Gasteiger partial charge in [0.2, 0.25) is 0 Å². The van der Waals surface area contributed by atoms with Crippen molar-refractivity contribution in [2.75, 3.05) is 31.1 Å². The van der Waals surface area contributed by atoms with Crippen LogP contribution in [0.15, 0.2) is 42.7 Å². The molecule has 1 aromatic carbocycles. The van der Waals surface area contributed by atoms with Gasteiger partial charge in [0.05, 0.1) is 11.4 Å². The molecule has 3 nitrogen and oxygen atoms in total. The summed E-state index contributed by atoms with van der Waals surface area (Å²) in [6.45, 7) is 6.45. The number of piperazine rings is 1. The lowest BCUT2D eigenvalue weighted by atomic mass is 10.1. The number of hydrogen-bond donors (Lipinski definition) is 1. The standard InChI is InChI=1S/C15H19N3/c1-13-4-5-14(18-10-6-16-7-11-18)15(12-13)17-8-2-3-9-17/h2-5,8-9,12,16H,6-7,10-11H2,1H3. The van der Waals surface area contributed by atoms with Gasteiger partial charge in [-0.05, 0) is 36.8 Å². The van der Waals surface area contributed by atoms with Crippen LogP contribution in [0.5, 0.6) is 0 Å². The number of rotatable bonds is 2. The van der Waals surface area contributed by atoms with E-state index in [4.69, 9.17) is 0 Å². The highest BCUT2D eigenvalue weighted by atomic mass is 15.2. The van der Waals surface area contributed by atoms with Crippen LogP contribution in [-0.4, -0.2) is 30.7 Å². The molecule has 3 rings (SSSR count). The van der Waals surface area contributed by atoms with E-state index in [9.17, 15) is 0 Å². The number of anilines is 1. The fourth-order valence-corrected chi connectivity index (χ4v) is 2.51. The Morgan fingerprint density at radius 3 is 2.44 bits per heavy atom. The highest BCUT2D eigenvalue weighted by molar-refractivity contribution is 5.64. The van der Waals surface area contributed by atoms with E-state index in [2.05, 4.69) is 64.4 Å². The molecule has 0 bridgehead atoms. The molecule has 18 heavy (non-hydrogen) atoms. The summed E-state index contributed by atoms with van der Waals surface area (Å²) in [4.78, 5) is 2.46. The van der Waals surface area contributed by atoms with Crippen LogP contribution in [0, 0.1) is 6.92 Å². The predicted octanol–water partition coefficient (Wildman–Crippen LogP) is 2.20.